The summed E-state index contributed by atoms with van der Waals surface area (Å²) >= 11 is 5.47. The van der Waals surface area contributed by atoms with Crippen molar-refractivity contribution in [1.82, 2.24) is 0 Å². The van der Waals surface area contributed by atoms with Gasteiger partial charge in [-0.25, -0.2) is 0 Å². The van der Waals surface area contributed by atoms with Gasteiger partial charge in [0.25, 0.3) is 0 Å². The van der Waals surface area contributed by atoms with Gasteiger partial charge in [-0.1, -0.05) is 29.8 Å². The average Bonchev–Trinajstić information content (AvgIpc) is 2.28. The molecule has 1 unspecified atom stereocenters. The number of nitrogens with zero attached hydrogens (tertiary/aromatic N) is 1. The van der Waals surface area contributed by atoms with Crippen molar-refractivity contribution in [3.8, 4) is 6.07 Å². The number of nitriles is 1. The number of carbonyl (C=O) groups excluding carboxylic acids is 1. The van der Waals surface area contributed by atoms with Crippen LogP contribution in [0.3, 0.4) is 0 Å². The van der Waals surface area contributed by atoms with Crippen molar-refractivity contribution >= 4 is 44.3 Å². The number of hydrogen-bond donors (Lipinski definition) is 0. The van der Waals surface area contributed by atoms with E-state index in [0.29, 0.717) is 17.9 Å². The quantitative estimate of drug-likeness (QED) is 0.549. The standard InChI is InChI=1S/C13H13BrINO/c1-8(2)5-9(7-16)13(17)11-6-10(14)3-4-12(11)15/h3-4,6,8-9H,5H2,1-2H3. The lowest BCUT2D eigenvalue weighted by Gasteiger charge is -2.12. The molecule has 0 fully saturated rings. The summed E-state index contributed by atoms with van der Waals surface area (Å²) in [7, 11) is 0. The Balaban J connectivity index is 3.02. The molecule has 0 N–H and O–H groups in total. The number of benzene rings is 1. The van der Waals surface area contributed by atoms with Crippen molar-refractivity contribution in [1.29, 1.82) is 5.26 Å². The Morgan fingerprint density at radius 2 is 2.18 bits per heavy atom. The van der Waals surface area contributed by atoms with Crippen LogP contribution in [0.15, 0.2) is 22.7 Å². The third-order valence-electron chi connectivity index (χ3n) is 2.37. The average molecular weight is 406 g/mol. The highest BCUT2D eigenvalue weighted by molar-refractivity contribution is 14.1. The van der Waals surface area contributed by atoms with Crippen molar-refractivity contribution in [3.63, 3.8) is 0 Å². The third-order valence-corrected chi connectivity index (χ3v) is 3.81. The zero-order valence-electron chi connectivity index (χ0n) is 9.71. The summed E-state index contributed by atoms with van der Waals surface area (Å²) in [5.74, 6) is -0.280. The molecule has 0 radical (unpaired) electrons. The fraction of sp³-hybridized carbons (Fsp3) is 0.385. The van der Waals surface area contributed by atoms with Crippen molar-refractivity contribution in [2.45, 2.75) is 20.3 Å². The van der Waals surface area contributed by atoms with Crippen LogP contribution >= 0.6 is 38.5 Å². The van der Waals surface area contributed by atoms with E-state index in [-0.39, 0.29) is 5.78 Å². The van der Waals surface area contributed by atoms with Crippen molar-refractivity contribution in [3.05, 3.63) is 31.8 Å². The molecular weight excluding hydrogens is 393 g/mol. The van der Waals surface area contributed by atoms with Gasteiger partial charge in [-0.15, -0.1) is 0 Å². The number of carbonyl (C=O) groups is 1. The first kappa shape index (κ1) is 14.7. The van der Waals surface area contributed by atoms with Crippen molar-refractivity contribution in [2.75, 3.05) is 0 Å². The summed E-state index contributed by atoms with van der Waals surface area (Å²) in [4.78, 5) is 12.2. The van der Waals surface area contributed by atoms with E-state index < -0.39 is 5.92 Å². The molecule has 0 aliphatic carbocycles. The minimum absolute atomic E-state index is 0.0769. The minimum atomic E-state index is -0.544. The molecule has 1 aromatic rings. The monoisotopic (exact) mass is 405 g/mol. The maximum atomic E-state index is 12.2. The number of halogens is 2. The first-order valence-corrected chi connectivity index (χ1v) is 7.21. The van der Waals surface area contributed by atoms with Gasteiger partial charge in [0.15, 0.2) is 5.78 Å². The molecule has 4 heteroatoms. The van der Waals surface area contributed by atoms with Gasteiger partial charge < -0.3 is 0 Å². The van der Waals surface area contributed by atoms with Crippen LogP contribution in [-0.4, -0.2) is 5.78 Å². The van der Waals surface area contributed by atoms with E-state index in [9.17, 15) is 4.79 Å². The Hall–Kier alpha value is -0.410. The van der Waals surface area contributed by atoms with Gasteiger partial charge in [-0.3, -0.25) is 4.79 Å². The summed E-state index contributed by atoms with van der Waals surface area (Å²) < 4.78 is 1.75. The van der Waals surface area contributed by atoms with Crippen molar-refractivity contribution in [2.24, 2.45) is 11.8 Å². The third kappa shape index (κ3) is 4.07. The van der Waals surface area contributed by atoms with Crippen LogP contribution in [-0.2, 0) is 0 Å². The van der Waals surface area contributed by atoms with Gasteiger partial charge in [-0.05, 0) is 53.1 Å². The highest BCUT2D eigenvalue weighted by Crippen LogP contribution is 2.23. The van der Waals surface area contributed by atoms with Crippen LogP contribution < -0.4 is 0 Å². The lowest BCUT2D eigenvalue weighted by Crippen LogP contribution is -2.16. The molecule has 0 saturated carbocycles. The van der Waals surface area contributed by atoms with Crippen molar-refractivity contribution < 1.29 is 4.79 Å². The lowest BCUT2D eigenvalue weighted by molar-refractivity contribution is 0.0936. The van der Waals surface area contributed by atoms with Gasteiger partial charge in [0, 0.05) is 13.6 Å². The van der Waals surface area contributed by atoms with Crippen LogP contribution in [0.5, 0.6) is 0 Å². The van der Waals surface area contributed by atoms with Gasteiger partial charge in [0.1, 0.15) is 5.92 Å². The molecule has 90 valence electrons. The molecule has 0 amide bonds. The van der Waals surface area contributed by atoms with Crippen LogP contribution in [0.4, 0.5) is 0 Å². The van der Waals surface area contributed by atoms with Gasteiger partial charge >= 0.3 is 0 Å². The van der Waals surface area contributed by atoms with E-state index in [1.165, 1.54) is 0 Å². The molecule has 1 rings (SSSR count). The normalized spacial score (nSPS) is 12.2. The topological polar surface area (TPSA) is 40.9 Å². The molecule has 0 aliphatic rings. The smallest absolute Gasteiger partial charge is 0.181 e. The van der Waals surface area contributed by atoms with E-state index in [2.05, 4.69) is 44.6 Å². The summed E-state index contributed by atoms with van der Waals surface area (Å²) in [6, 6.07) is 7.66. The molecular formula is C13H13BrINO. The fourth-order valence-electron chi connectivity index (χ4n) is 1.56. The second-order valence-electron chi connectivity index (χ2n) is 4.30. The summed E-state index contributed by atoms with van der Waals surface area (Å²) in [6.45, 7) is 4.03. The summed E-state index contributed by atoms with van der Waals surface area (Å²) in [5, 5.41) is 9.08. The maximum absolute atomic E-state index is 12.2. The van der Waals surface area contributed by atoms with Gasteiger partial charge in [-0.2, -0.15) is 5.26 Å². The predicted molar refractivity (Wildman–Crippen MR) is 79.7 cm³/mol. The minimum Gasteiger partial charge on any atom is -0.293 e. The van der Waals surface area contributed by atoms with Crippen LogP contribution in [0.25, 0.3) is 0 Å². The van der Waals surface area contributed by atoms with Gasteiger partial charge in [0.05, 0.1) is 6.07 Å². The van der Waals surface area contributed by atoms with E-state index in [1.54, 1.807) is 6.07 Å². The fourth-order valence-corrected chi connectivity index (χ4v) is 2.53. The number of ketones is 1. The SMILES string of the molecule is CC(C)CC(C#N)C(=O)c1cc(Br)ccc1I. The Bertz CT molecular complexity index is 465. The second kappa shape index (κ2) is 6.50. The van der Waals surface area contributed by atoms with E-state index in [1.807, 2.05) is 26.0 Å². The molecule has 0 aromatic heterocycles. The van der Waals surface area contributed by atoms with Crippen LogP contribution in [0.2, 0.25) is 0 Å². The molecule has 0 bridgehead atoms. The summed E-state index contributed by atoms with van der Waals surface area (Å²) in [5.41, 5.74) is 0.632. The molecule has 0 heterocycles. The number of Topliss-reactive ketones (excluding diaryl/α,β-unsaturated/α-hetero) is 1. The Morgan fingerprint density at radius 1 is 1.53 bits per heavy atom. The lowest BCUT2D eigenvalue weighted by atomic mass is 9.91. The largest absolute Gasteiger partial charge is 0.293 e. The zero-order chi connectivity index (χ0) is 13.0. The molecule has 0 saturated heterocycles. The molecule has 1 aromatic carbocycles. The first-order chi connectivity index (χ1) is 7.95. The zero-order valence-corrected chi connectivity index (χ0v) is 13.4. The molecule has 0 spiro atoms. The van der Waals surface area contributed by atoms with E-state index in [0.717, 1.165) is 8.04 Å². The second-order valence-corrected chi connectivity index (χ2v) is 6.38. The maximum Gasteiger partial charge on any atom is 0.181 e. The molecule has 2 nitrogen and oxygen atoms in total. The van der Waals surface area contributed by atoms with Gasteiger partial charge in [0.2, 0.25) is 0 Å². The van der Waals surface area contributed by atoms with E-state index >= 15 is 0 Å². The Morgan fingerprint density at radius 3 is 2.71 bits per heavy atom. The number of hydrogen-bond acceptors (Lipinski definition) is 2. The molecule has 1 atom stereocenters. The molecule has 17 heavy (non-hydrogen) atoms. The predicted octanol–water partition coefficient (Wildman–Crippen LogP) is 4.42. The highest BCUT2D eigenvalue weighted by Gasteiger charge is 2.22. The van der Waals surface area contributed by atoms with Crippen LogP contribution in [0.1, 0.15) is 30.6 Å². The first-order valence-electron chi connectivity index (χ1n) is 5.34. The van der Waals surface area contributed by atoms with Crippen LogP contribution in [0, 0.1) is 26.7 Å². The number of rotatable bonds is 4. The highest BCUT2D eigenvalue weighted by atomic mass is 127. The summed E-state index contributed by atoms with van der Waals surface area (Å²) in [6.07, 6.45) is 0.609. The Kier molecular flexibility index (Phi) is 5.60. The van der Waals surface area contributed by atoms with E-state index in [4.69, 9.17) is 5.26 Å². The molecule has 0 aliphatic heterocycles. The Labute approximate surface area is 124 Å².